The van der Waals surface area contributed by atoms with Gasteiger partial charge in [0.05, 0.1) is 6.10 Å². The van der Waals surface area contributed by atoms with Crippen LogP contribution in [0.1, 0.15) is 31.2 Å². The van der Waals surface area contributed by atoms with E-state index in [1.165, 1.54) is 6.07 Å². The van der Waals surface area contributed by atoms with E-state index in [1.807, 2.05) is 0 Å². The Bertz CT molecular complexity index is 410. The molecule has 1 aromatic carbocycles. The Hall–Kier alpha value is -1.09. The molecule has 0 radical (unpaired) electrons. The van der Waals surface area contributed by atoms with Crippen LogP contribution in [0.3, 0.4) is 0 Å². The molecular formula is C13H16FNO. The molecule has 2 nitrogen and oxygen atoms in total. The van der Waals surface area contributed by atoms with Crippen molar-refractivity contribution in [2.24, 2.45) is 5.73 Å². The van der Waals surface area contributed by atoms with E-state index < -0.39 is 0 Å². The number of halogens is 1. The van der Waals surface area contributed by atoms with E-state index >= 15 is 0 Å². The van der Waals surface area contributed by atoms with Gasteiger partial charge in [-0.25, -0.2) is 4.39 Å². The van der Waals surface area contributed by atoms with Crippen molar-refractivity contribution in [1.29, 1.82) is 0 Å². The first kappa shape index (κ1) is 10.1. The van der Waals surface area contributed by atoms with Crippen molar-refractivity contribution in [2.75, 3.05) is 0 Å². The summed E-state index contributed by atoms with van der Waals surface area (Å²) >= 11 is 0. The van der Waals surface area contributed by atoms with Gasteiger partial charge in [0.2, 0.25) is 0 Å². The Kier molecular flexibility index (Phi) is 2.18. The van der Waals surface area contributed by atoms with Crippen molar-refractivity contribution in [3.63, 3.8) is 0 Å². The predicted octanol–water partition coefficient (Wildman–Crippen LogP) is 2.40. The minimum absolute atomic E-state index is 0.102. The highest BCUT2D eigenvalue weighted by Gasteiger charge is 2.39. The molecule has 0 atom stereocenters. The summed E-state index contributed by atoms with van der Waals surface area (Å²) in [5.74, 6) is 0.614. The van der Waals surface area contributed by atoms with Crippen LogP contribution in [0.2, 0.25) is 0 Å². The zero-order valence-electron chi connectivity index (χ0n) is 9.21. The summed E-state index contributed by atoms with van der Waals surface area (Å²) < 4.78 is 19.0. The second-order valence-corrected chi connectivity index (χ2v) is 5.11. The average molecular weight is 221 g/mol. The molecule has 0 spiro atoms. The standard InChI is InChI=1S/C13H16FNO/c14-10-1-4-12(16-11-2-3-11)9(7-10)8-13(15)5-6-13/h1,4,7,11H,2-3,5-6,8,15H2. The molecule has 3 rings (SSSR count). The van der Waals surface area contributed by atoms with E-state index in [9.17, 15) is 4.39 Å². The van der Waals surface area contributed by atoms with Gasteiger partial charge in [0.1, 0.15) is 11.6 Å². The second kappa shape index (κ2) is 3.45. The maximum atomic E-state index is 13.2. The molecule has 0 bridgehead atoms. The first-order chi connectivity index (χ1) is 7.65. The van der Waals surface area contributed by atoms with Crippen molar-refractivity contribution in [3.05, 3.63) is 29.6 Å². The zero-order valence-corrected chi connectivity index (χ0v) is 9.21. The minimum Gasteiger partial charge on any atom is -0.490 e. The van der Waals surface area contributed by atoms with Gasteiger partial charge in [-0.05, 0) is 55.9 Å². The van der Waals surface area contributed by atoms with Gasteiger partial charge in [-0.1, -0.05) is 0 Å². The van der Waals surface area contributed by atoms with E-state index in [0.717, 1.165) is 43.4 Å². The van der Waals surface area contributed by atoms with Gasteiger partial charge in [0.15, 0.2) is 0 Å². The molecule has 2 fully saturated rings. The number of benzene rings is 1. The molecule has 0 heterocycles. The summed E-state index contributed by atoms with van der Waals surface area (Å²) in [5, 5.41) is 0. The lowest BCUT2D eigenvalue weighted by Gasteiger charge is -2.14. The van der Waals surface area contributed by atoms with Crippen LogP contribution in [0.5, 0.6) is 5.75 Å². The minimum atomic E-state index is -0.206. The molecular weight excluding hydrogens is 205 g/mol. The summed E-state index contributed by atoms with van der Waals surface area (Å²) in [4.78, 5) is 0. The first-order valence-electron chi connectivity index (χ1n) is 5.89. The summed E-state index contributed by atoms with van der Waals surface area (Å²) in [5.41, 5.74) is 6.89. The molecule has 0 saturated heterocycles. The molecule has 1 aromatic rings. The van der Waals surface area contributed by atoms with Crippen molar-refractivity contribution in [2.45, 2.75) is 43.7 Å². The number of ether oxygens (including phenoxy) is 1. The molecule has 3 heteroatoms. The Morgan fingerprint density at radius 2 is 2.12 bits per heavy atom. The maximum Gasteiger partial charge on any atom is 0.123 e. The normalized spacial score (nSPS) is 21.9. The third-order valence-electron chi connectivity index (χ3n) is 3.28. The molecule has 2 saturated carbocycles. The largest absolute Gasteiger partial charge is 0.490 e. The van der Waals surface area contributed by atoms with Crippen LogP contribution in [-0.4, -0.2) is 11.6 Å². The summed E-state index contributed by atoms with van der Waals surface area (Å²) in [7, 11) is 0. The van der Waals surface area contributed by atoms with Crippen LogP contribution >= 0.6 is 0 Å². The summed E-state index contributed by atoms with van der Waals surface area (Å²) in [6, 6.07) is 4.75. The first-order valence-corrected chi connectivity index (χ1v) is 5.89. The third kappa shape index (κ3) is 2.19. The zero-order chi connectivity index (χ0) is 11.2. The predicted molar refractivity (Wildman–Crippen MR) is 59.9 cm³/mol. The van der Waals surface area contributed by atoms with Crippen LogP contribution in [0, 0.1) is 5.82 Å². The SMILES string of the molecule is NC1(Cc2cc(F)ccc2OC2CC2)CC1. The smallest absolute Gasteiger partial charge is 0.123 e. The molecule has 0 aliphatic heterocycles. The van der Waals surface area contributed by atoms with E-state index in [4.69, 9.17) is 10.5 Å². The van der Waals surface area contributed by atoms with Gasteiger partial charge in [0, 0.05) is 5.54 Å². The van der Waals surface area contributed by atoms with Crippen molar-refractivity contribution in [3.8, 4) is 5.75 Å². The van der Waals surface area contributed by atoms with E-state index in [2.05, 4.69) is 0 Å². The average Bonchev–Trinajstić information content (AvgIpc) is 3.11. The number of rotatable bonds is 4. The lowest BCUT2D eigenvalue weighted by atomic mass is 10.0. The lowest BCUT2D eigenvalue weighted by Crippen LogP contribution is -2.25. The Morgan fingerprint density at radius 1 is 1.38 bits per heavy atom. The summed E-state index contributed by atoms with van der Waals surface area (Å²) in [6.45, 7) is 0. The fraction of sp³-hybridized carbons (Fsp3) is 0.538. The Balaban J connectivity index is 1.83. The monoisotopic (exact) mass is 221 g/mol. The van der Waals surface area contributed by atoms with E-state index in [-0.39, 0.29) is 11.4 Å². The molecule has 2 N–H and O–H groups in total. The second-order valence-electron chi connectivity index (χ2n) is 5.11. The summed E-state index contributed by atoms with van der Waals surface area (Å²) in [6.07, 6.45) is 5.37. The van der Waals surface area contributed by atoms with Crippen LogP contribution in [0.25, 0.3) is 0 Å². The van der Waals surface area contributed by atoms with Crippen LogP contribution in [-0.2, 0) is 6.42 Å². The Morgan fingerprint density at radius 3 is 2.75 bits per heavy atom. The van der Waals surface area contributed by atoms with Crippen molar-refractivity contribution >= 4 is 0 Å². The van der Waals surface area contributed by atoms with E-state index in [1.54, 1.807) is 12.1 Å². The van der Waals surface area contributed by atoms with Crippen LogP contribution < -0.4 is 10.5 Å². The van der Waals surface area contributed by atoms with Gasteiger partial charge in [-0.2, -0.15) is 0 Å². The highest BCUT2D eigenvalue weighted by molar-refractivity contribution is 5.36. The lowest BCUT2D eigenvalue weighted by molar-refractivity contribution is 0.298. The molecule has 16 heavy (non-hydrogen) atoms. The molecule has 86 valence electrons. The molecule has 0 unspecified atom stereocenters. The number of hydrogen-bond donors (Lipinski definition) is 1. The van der Waals surface area contributed by atoms with Gasteiger partial charge in [0.25, 0.3) is 0 Å². The van der Waals surface area contributed by atoms with Gasteiger partial charge in [-0.3, -0.25) is 0 Å². The van der Waals surface area contributed by atoms with Gasteiger partial charge >= 0.3 is 0 Å². The number of hydrogen-bond acceptors (Lipinski definition) is 2. The van der Waals surface area contributed by atoms with Gasteiger partial charge in [-0.15, -0.1) is 0 Å². The van der Waals surface area contributed by atoms with Crippen LogP contribution in [0.4, 0.5) is 4.39 Å². The van der Waals surface area contributed by atoms with E-state index in [0.29, 0.717) is 6.10 Å². The highest BCUT2D eigenvalue weighted by atomic mass is 19.1. The highest BCUT2D eigenvalue weighted by Crippen LogP contribution is 2.39. The van der Waals surface area contributed by atoms with Crippen molar-refractivity contribution < 1.29 is 9.13 Å². The maximum absolute atomic E-state index is 13.2. The number of nitrogens with two attached hydrogens (primary N) is 1. The quantitative estimate of drug-likeness (QED) is 0.847. The third-order valence-corrected chi connectivity index (χ3v) is 3.28. The topological polar surface area (TPSA) is 35.2 Å². The van der Waals surface area contributed by atoms with Crippen LogP contribution in [0.15, 0.2) is 18.2 Å². The van der Waals surface area contributed by atoms with Gasteiger partial charge < -0.3 is 10.5 Å². The molecule has 0 amide bonds. The fourth-order valence-corrected chi connectivity index (χ4v) is 1.88. The molecule has 0 aromatic heterocycles. The molecule has 2 aliphatic carbocycles. The fourth-order valence-electron chi connectivity index (χ4n) is 1.88. The Labute approximate surface area is 94.6 Å². The molecule has 2 aliphatic rings. The van der Waals surface area contributed by atoms with Crippen molar-refractivity contribution in [1.82, 2.24) is 0 Å².